The van der Waals surface area contributed by atoms with Crippen LogP contribution in [0.3, 0.4) is 0 Å². The van der Waals surface area contributed by atoms with E-state index in [0.29, 0.717) is 24.0 Å². The van der Waals surface area contributed by atoms with E-state index in [1.165, 1.54) is 6.20 Å². The number of alkyl carbamates (subject to hydrolysis) is 1. The molecule has 12 heteroatoms. The molecule has 42 heavy (non-hydrogen) atoms. The Hall–Kier alpha value is -3.67. The first kappa shape index (κ1) is 32.8. The minimum atomic E-state index is -4.04. The molecule has 4 N–H and O–H groups in total. The van der Waals surface area contributed by atoms with E-state index in [-0.39, 0.29) is 40.9 Å². The van der Waals surface area contributed by atoms with Gasteiger partial charge in [0.05, 0.1) is 10.9 Å². The molecule has 1 amide bonds. The van der Waals surface area contributed by atoms with Crippen molar-refractivity contribution in [2.45, 2.75) is 103 Å². The Kier molecular flexibility index (Phi) is 9.92. The molecule has 0 saturated carbocycles. The van der Waals surface area contributed by atoms with Crippen molar-refractivity contribution < 1.29 is 27.5 Å². The fourth-order valence-electron chi connectivity index (χ4n) is 4.87. The molecule has 0 bridgehead atoms. The van der Waals surface area contributed by atoms with E-state index in [2.05, 4.69) is 20.0 Å². The van der Waals surface area contributed by atoms with Gasteiger partial charge in [-0.15, -0.1) is 0 Å². The van der Waals surface area contributed by atoms with E-state index in [1.54, 1.807) is 52.8 Å². The van der Waals surface area contributed by atoms with Crippen LogP contribution >= 0.6 is 0 Å². The Morgan fingerprint density at radius 3 is 2.48 bits per heavy atom. The van der Waals surface area contributed by atoms with Crippen molar-refractivity contribution in [2.24, 2.45) is 10.7 Å². The number of fused-ring (bicyclic) bond motifs is 1. The van der Waals surface area contributed by atoms with Crippen LogP contribution in [0.15, 0.2) is 34.3 Å². The van der Waals surface area contributed by atoms with Gasteiger partial charge < -0.3 is 20.5 Å². The Labute approximate surface area is 248 Å². The number of aliphatic imine (C=N–C) groups is 1. The monoisotopic (exact) mass is 601 g/mol. The third-order valence-electron chi connectivity index (χ3n) is 7.03. The summed E-state index contributed by atoms with van der Waals surface area (Å²) in [5, 5.41) is 2.62. The first-order valence-electron chi connectivity index (χ1n) is 14.0. The second-order valence-corrected chi connectivity index (χ2v) is 13.8. The summed E-state index contributed by atoms with van der Waals surface area (Å²) in [5.41, 5.74) is 8.02. The molecule has 0 radical (unpaired) electrons. The van der Waals surface area contributed by atoms with Gasteiger partial charge >= 0.3 is 6.09 Å². The molecule has 230 valence electrons. The van der Waals surface area contributed by atoms with Gasteiger partial charge in [-0.05, 0) is 115 Å². The van der Waals surface area contributed by atoms with Crippen LogP contribution in [0.2, 0.25) is 0 Å². The number of pyridine rings is 1. The molecule has 11 nitrogen and oxygen atoms in total. The van der Waals surface area contributed by atoms with E-state index in [1.807, 2.05) is 20.8 Å². The Balaban J connectivity index is 1.72. The lowest BCUT2D eigenvalue weighted by Crippen LogP contribution is -2.44. The lowest BCUT2D eigenvalue weighted by Gasteiger charge is -2.35. The minimum absolute atomic E-state index is 0.112. The zero-order valence-electron chi connectivity index (χ0n) is 25.8. The smallest absolute Gasteiger partial charge is 0.408 e. The van der Waals surface area contributed by atoms with Gasteiger partial charge in [-0.25, -0.2) is 17.9 Å². The maximum atomic E-state index is 13.4. The van der Waals surface area contributed by atoms with Crippen molar-refractivity contribution >= 4 is 27.9 Å². The van der Waals surface area contributed by atoms with Crippen LogP contribution in [-0.2, 0) is 21.2 Å². The van der Waals surface area contributed by atoms with Gasteiger partial charge in [0.2, 0.25) is 11.7 Å². The summed E-state index contributed by atoms with van der Waals surface area (Å²) in [6.07, 6.45) is 2.77. The first-order valence-corrected chi connectivity index (χ1v) is 15.5. The summed E-state index contributed by atoms with van der Waals surface area (Å²) < 4.78 is 40.8. The van der Waals surface area contributed by atoms with Crippen molar-refractivity contribution in [1.29, 1.82) is 0 Å². The number of ketones is 1. The molecule has 2 heterocycles. The highest BCUT2D eigenvalue weighted by Crippen LogP contribution is 2.42. The number of aromatic nitrogens is 1. The van der Waals surface area contributed by atoms with Crippen molar-refractivity contribution in [3.8, 4) is 5.75 Å². The molecule has 1 aromatic heterocycles. The Morgan fingerprint density at radius 2 is 1.86 bits per heavy atom. The molecule has 1 aromatic carbocycles. The molecule has 0 spiro atoms. The van der Waals surface area contributed by atoms with Crippen molar-refractivity contribution in [3.63, 3.8) is 0 Å². The van der Waals surface area contributed by atoms with Crippen LogP contribution in [0.1, 0.15) is 86.6 Å². The number of Topliss-reactive ketones (excluding diaryl/α,β-unsaturated/α-hetero) is 1. The highest BCUT2D eigenvalue weighted by atomic mass is 32.2. The van der Waals surface area contributed by atoms with Gasteiger partial charge in [0.1, 0.15) is 22.6 Å². The van der Waals surface area contributed by atoms with Gasteiger partial charge in [0, 0.05) is 12.7 Å². The second kappa shape index (κ2) is 12.7. The van der Waals surface area contributed by atoms with E-state index in [9.17, 15) is 18.0 Å². The van der Waals surface area contributed by atoms with E-state index < -0.39 is 27.8 Å². The van der Waals surface area contributed by atoms with Crippen molar-refractivity contribution in [1.82, 2.24) is 15.0 Å². The average Bonchev–Trinajstić information content (AvgIpc) is 2.87. The predicted octanol–water partition coefficient (Wildman–Crippen LogP) is 4.26. The fourth-order valence-corrected chi connectivity index (χ4v) is 6.40. The van der Waals surface area contributed by atoms with Crippen LogP contribution in [0.5, 0.6) is 5.75 Å². The topological polar surface area (TPSA) is 162 Å². The average molecular weight is 602 g/mol. The highest BCUT2D eigenvalue weighted by molar-refractivity contribution is 7.90. The van der Waals surface area contributed by atoms with Gasteiger partial charge in [0.15, 0.2) is 0 Å². The fraction of sp³-hybridized carbons (Fsp3) is 0.533. The number of nitrogens with zero attached hydrogens (tertiary/aromatic N) is 2. The van der Waals surface area contributed by atoms with E-state index >= 15 is 0 Å². The molecular weight excluding hydrogens is 558 g/mol. The van der Waals surface area contributed by atoms with E-state index in [4.69, 9.17) is 15.2 Å². The number of hydrogen-bond acceptors (Lipinski definition) is 8. The Bertz CT molecular complexity index is 1460. The predicted molar refractivity (Wildman–Crippen MR) is 161 cm³/mol. The van der Waals surface area contributed by atoms with Gasteiger partial charge in [0.25, 0.3) is 10.0 Å². The number of carbonyl (C=O) groups is 2. The minimum Gasteiger partial charge on any atom is -0.487 e. The lowest BCUT2D eigenvalue weighted by molar-refractivity contribution is 0.0487. The summed E-state index contributed by atoms with van der Waals surface area (Å²) in [6.45, 7) is 14.7. The van der Waals surface area contributed by atoms with Gasteiger partial charge in [-0.1, -0.05) is 6.07 Å². The Morgan fingerprint density at radius 1 is 1.17 bits per heavy atom. The first-order chi connectivity index (χ1) is 19.4. The third-order valence-corrected chi connectivity index (χ3v) is 8.66. The van der Waals surface area contributed by atoms with Gasteiger partial charge in [-0.2, -0.15) is 0 Å². The van der Waals surface area contributed by atoms with Crippen LogP contribution in [-0.4, -0.2) is 55.0 Å². The molecule has 0 unspecified atom stereocenters. The summed E-state index contributed by atoms with van der Waals surface area (Å²) in [4.78, 5) is 33.9. The summed E-state index contributed by atoms with van der Waals surface area (Å²) in [7, 11) is -4.04. The zero-order chi connectivity index (χ0) is 31.5. The molecule has 2 aromatic rings. The van der Waals surface area contributed by atoms with Crippen LogP contribution in [0, 0.1) is 20.8 Å². The number of ether oxygens (including phenoxy) is 2. The summed E-state index contributed by atoms with van der Waals surface area (Å²) >= 11 is 0. The maximum Gasteiger partial charge on any atom is 0.408 e. The zero-order valence-corrected chi connectivity index (χ0v) is 26.6. The molecule has 1 aliphatic heterocycles. The number of benzene rings is 1. The summed E-state index contributed by atoms with van der Waals surface area (Å²) in [5.74, 6) is 0.103. The molecule has 1 aliphatic rings. The maximum absolute atomic E-state index is 13.4. The van der Waals surface area contributed by atoms with Crippen molar-refractivity contribution in [2.75, 3.05) is 6.54 Å². The van der Waals surface area contributed by atoms with Gasteiger partial charge in [-0.3, -0.25) is 14.8 Å². The number of nitrogens with one attached hydrogen (secondary N) is 2. The largest absolute Gasteiger partial charge is 0.487 e. The molecular formula is C30H43N5O6S. The highest BCUT2D eigenvalue weighted by Gasteiger charge is 2.33. The molecule has 0 saturated heterocycles. The number of guanidine groups is 1. The SMILES string of the molecule is Cc1c(C)c(S(=O)(=O)NC(N)=NCCC[C@H](NC(=O)OC(C)(C)C)C(=O)c2ccccn2)c(C)c2c1OC(C)(C)CC2. The molecule has 0 fully saturated rings. The van der Waals surface area contributed by atoms with Crippen molar-refractivity contribution in [3.05, 3.63) is 52.3 Å². The summed E-state index contributed by atoms with van der Waals surface area (Å²) in [6, 6.07) is 4.02. The number of sulfonamides is 1. The number of rotatable bonds is 9. The normalized spacial score (nSPS) is 15.7. The second-order valence-electron chi connectivity index (χ2n) is 12.2. The number of hydrogen-bond donors (Lipinski definition) is 3. The van der Waals surface area contributed by atoms with E-state index in [0.717, 1.165) is 23.3 Å². The standard InChI is InChI=1S/C30H43N5O6S/c1-18-19(2)26(20(3)21-14-15-30(7,8)40-25(18)21)42(38,39)35-27(31)33-17-11-13-23(34-28(37)41-29(4,5)6)24(36)22-12-9-10-16-32-22/h9-10,12,16,23H,11,13-15,17H2,1-8H3,(H,34,37)(H3,31,33,35)/t23-/m0/s1. The van der Waals surface area contributed by atoms with Crippen LogP contribution < -0.4 is 20.5 Å². The quantitative estimate of drug-likeness (QED) is 0.166. The molecule has 0 aliphatic carbocycles. The number of carbonyl (C=O) groups excluding carboxylic acids is 2. The molecule has 1 atom stereocenters. The molecule has 3 rings (SSSR count). The van der Waals surface area contributed by atoms with Crippen LogP contribution in [0.4, 0.5) is 4.79 Å². The third kappa shape index (κ3) is 8.21. The number of nitrogens with two attached hydrogens (primary N) is 1. The van der Waals surface area contributed by atoms with Crippen LogP contribution in [0.25, 0.3) is 0 Å². The lowest BCUT2D eigenvalue weighted by atomic mass is 9.88. The number of amides is 1.